The fourth-order valence-electron chi connectivity index (χ4n) is 3.66. The molecule has 4 heterocycles. The van der Waals surface area contributed by atoms with E-state index in [-0.39, 0.29) is 12.1 Å². The molecule has 0 spiro atoms. The number of hydrogen-bond donors (Lipinski definition) is 3. The van der Waals surface area contributed by atoms with Crippen LogP contribution in [0.4, 0.5) is 23.4 Å². The van der Waals surface area contributed by atoms with Crippen molar-refractivity contribution < 1.29 is 4.74 Å². The van der Waals surface area contributed by atoms with Gasteiger partial charge in [0.25, 0.3) is 0 Å². The van der Waals surface area contributed by atoms with Gasteiger partial charge in [0.15, 0.2) is 17.5 Å². The van der Waals surface area contributed by atoms with Crippen molar-refractivity contribution in [3.63, 3.8) is 0 Å². The number of pyridine rings is 1. The molecule has 10 heteroatoms. The van der Waals surface area contributed by atoms with Crippen LogP contribution in [0, 0.1) is 0 Å². The molecule has 1 aliphatic heterocycles. The second kappa shape index (κ2) is 9.58. The van der Waals surface area contributed by atoms with Gasteiger partial charge in [-0.05, 0) is 45.9 Å². The summed E-state index contributed by atoms with van der Waals surface area (Å²) in [7, 11) is 1.67. The SMILES string of the molecule is CO[C@H](C)c1cc2cnc(Nc3ccc(N4CCNC[C@@H]4C)nn3)nc2c(NC(C)C)n1. The Bertz CT molecular complexity index is 1060. The predicted molar refractivity (Wildman–Crippen MR) is 127 cm³/mol. The normalized spacial score (nSPS) is 17.6. The third-order valence-electron chi connectivity index (χ3n) is 5.47. The Morgan fingerprint density at radius 3 is 2.72 bits per heavy atom. The minimum atomic E-state index is -0.128. The van der Waals surface area contributed by atoms with Crippen LogP contribution in [0.2, 0.25) is 0 Å². The van der Waals surface area contributed by atoms with E-state index in [1.54, 1.807) is 13.3 Å². The van der Waals surface area contributed by atoms with Gasteiger partial charge in [-0.3, -0.25) is 0 Å². The molecule has 3 aromatic heterocycles. The first-order valence-corrected chi connectivity index (χ1v) is 11.0. The molecule has 0 unspecified atom stereocenters. The molecule has 0 aromatic carbocycles. The summed E-state index contributed by atoms with van der Waals surface area (Å²) in [5.41, 5.74) is 1.57. The van der Waals surface area contributed by atoms with E-state index in [0.29, 0.717) is 23.6 Å². The number of methoxy groups -OCH3 is 1. The molecule has 4 rings (SSSR count). The minimum Gasteiger partial charge on any atom is -0.375 e. The number of piperazine rings is 1. The Hall–Kier alpha value is -3.11. The summed E-state index contributed by atoms with van der Waals surface area (Å²) in [6.07, 6.45) is 1.66. The van der Waals surface area contributed by atoms with E-state index < -0.39 is 0 Å². The highest BCUT2D eigenvalue weighted by Crippen LogP contribution is 2.26. The van der Waals surface area contributed by atoms with Gasteiger partial charge in [-0.25, -0.2) is 15.0 Å². The molecule has 1 saturated heterocycles. The summed E-state index contributed by atoms with van der Waals surface area (Å²) < 4.78 is 5.44. The largest absolute Gasteiger partial charge is 0.375 e. The van der Waals surface area contributed by atoms with Gasteiger partial charge in [0.05, 0.1) is 11.8 Å². The average molecular weight is 438 g/mol. The van der Waals surface area contributed by atoms with Crippen molar-refractivity contribution >= 4 is 34.3 Å². The number of hydrogen-bond acceptors (Lipinski definition) is 10. The predicted octanol–water partition coefficient (Wildman–Crippen LogP) is 2.88. The molecule has 0 bridgehead atoms. The van der Waals surface area contributed by atoms with Crippen LogP contribution in [0.5, 0.6) is 0 Å². The number of anilines is 4. The van der Waals surface area contributed by atoms with E-state index >= 15 is 0 Å². The van der Waals surface area contributed by atoms with Gasteiger partial charge in [0, 0.05) is 50.4 Å². The molecule has 0 aliphatic carbocycles. The highest BCUT2D eigenvalue weighted by Gasteiger charge is 2.20. The van der Waals surface area contributed by atoms with E-state index in [4.69, 9.17) is 14.7 Å². The Morgan fingerprint density at radius 2 is 2.03 bits per heavy atom. The van der Waals surface area contributed by atoms with Crippen molar-refractivity contribution in [2.75, 3.05) is 42.3 Å². The van der Waals surface area contributed by atoms with E-state index in [0.717, 1.165) is 42.0 Å². The van der Waals surface area contributed by atoms with Crippen molar-refractivity contribution in [3.8, 4) is 0 Å². The lowest BCUT2D eigenvalue weighted by Crippen LogP contribution is -2.50. The summed E-state index contributed by atoms with van der Waals surface area (Å²) in [5, 5.41) is 19.6. The summed E-state index contributed by atoms with van der Waals surface area (Å²) in [4.78, 5) is 16.2. The van der Waals surface area contributed by atoms with Gasteiger partial charge < -0.3 is 25.6 Å². The van der Waals surface area contributed by atoms with Gasteiger partial charge in [-0.2, -0.15) is 0 Å². The first-order valence-electron chi connectivity index (χ1n) is 11.0. The first-order chi connectivity index (χ1) is 15.4. The quantitative estimate of drug-likeness (QED) is 0.510. The number of ether oxygens (including phenoxy) is 1. The van der Waals surface area contributed by atoms with Gasteiger partial charge in [0.1, 0.15) is 5.52 Å². The Balaban J connectivity index is 1.59. The molecule has 10 nitrogen and oxygen atoms in total. The number of aromatic nitrogens is 5. The van der Waals surface area contributed by atoms with E-state index in [1.807, 2.05) is 25.1 Å². The minimum absolute atomic E-state index is 0.128. The molecular weight excluding hydrogens is 406 g/mol. The summed E-state index contributed by atoms with van der Waals surface area (Å²) in [6.45, 7) is 11.1. The van der Waals surface area contributed by atoms with E-state index in [2.05, 4.69) is 56.8 Å². The molecule has 1 aliphatic rings. The van der Waals surface area contributed by atoms with Crippen LogP contribution in [-0.2, 0) is 4.74 Å². The molecule has 1 fully saturated rings. The lowest BCUT2D eigenvalue weighted by atomic mass is 10.2. The third kappa shape index (κ3) is 4.86. The second-order valence-corrected chi connectivity index (χ2v) is 8.35. The molecule has 0 amide bonds. The molecule has 3 N–H and O–H groups in total. The number of nitrogens with one attached hydrogen (secondary N) is 3. The Kier molecular flexibility index (Phi) is 6.61. The van der Waals surface area contributed by atoms with Gasteiger partial charge in [-0.15, -0.1) is 10.2 Å². The maximum Gasteiger partial charge on any atom is 0.229 e. The highest BCUT2D eigenvalue weighted by atomic mass is 16.5. The van der Waals surface area contributed by atoms with Crippen molar-refractivity contribution in [2.45, 2.75) is 45.9 Å². The fourth-order valence-corrected chi connectivity index (χ4v) is 3.66. The van der Waals surface area contributed by atoms with E-state index in [1.165, 1.54) is 0 Å². The van der Waals surface area contributed by atoms with Crippen LogP contribution in [0.25, 0.3) is 10.9 Å². The molecular formula is C22H31N9O. The lowest BCUT2D eigenvalue weighted by molar-refractivity contribution is 0.116. The number of rotatable bonds is 7. The van der Waals surface area contributed by atoms with Crippen LogP contribution in [0.1, 0.15) is 39.5 Å². The topological polar surface area (TPSA) is 113 Å². The van der Waals surface area contributed by atoms with E-state index in [9.17, 15) is 0 Å². The number of fused-ring (bicyclic) bond motifs is 1. The van der Waals surface area contributed by atoms with Gasteiger partial charge >= 0.3 is 0 Å². The van der Waals surface area contributed by atoms with Crippen LogP contribution in [0.15, 0.2) is 24.4 Å². The van der Waals surface area contributed by atoms with Crippen LogP contribution < -0.4 is 20.9 Å². The monoisotopic (exact) mass is 437 g/mol. The zero-order valence-corrected chi connectivity index (χ0v) is 19.3. The summed E-state index contributed by atoms with van der Waals surface area (Å²) in [6, 6.07) is 6.42. The molecule has 2 atom stereocenters. The smallest absolute Gasteiger partial charge is 0.229 e. The standard InChI is InChI=1S/C22H31N9O/c1-13(2)25-21-20-16(10-17(26-21)15(4)32-5)12-24-22(28-20)27-18-6-7-19(30-29-18)31-9-8-23-11-14(31)3/h6-7,10,12-15,23H,8-9,11H2,1-5H3,(H,25,26)(H,24,27,28,29)/t14-,15+/m0/s1. The summed E-state index contributed by atoms with van der Waals surface area (Å²) >= 11 is 0. The maximum atomic E-state index is 5.44. The van der Waals surface area contributed by atoms with Crippen LogP contribution >= 0.6 is 0 Å². The molecule has 3 aromatic rings. The molecule has 170 valence electrons. The average Bonchev–Trinajstić information content (AvgIpc) is 2.79. The second-order valence-electron chi connectivity index (χ2n) is 8.35. The van der Waals surface area contributed by atoms with Crippen LogP contribution in [0.3, 0.4) is 0 Å². The van der Waals surface area contributed by atoms with Gasteiger partial charge in [-0.1, -0.05) is 0 Å². The van der Waals surface area contributed by atoms with Crippen molar-refractivity contribution in [1.82, 2.24) is 30.5 Å². The molecule has 0 radical (unpaired) electrons. The lowest BCUT2D eigenvalue weighted by Gasteiger charge is -2.34. The van der Waals surface area contributed by atoms with Crippen molar-refractivity contribution in [2.24, 2.45) is 0 Å². The maximum absolute atomic E-state index is 5.44. The van der Waals surface area contributed by atoms with Crippen molar-refractivity contribution in [3.05, 3.63) is 30.1 Å². The van der Waals surface area contributed by atoms with Gasteiger partial charge in [0.2, 0.25) is 5.95 Å². The zero-order chi connectivity index (χ0) is 22.7. The first kappa shape index (κ1) is 22.1. The van der Waals surface area contributed by atoms with Crippen LogP contribution in [-0.4, -0.2) is 64.0 Å². The molecule has 32 heavy (non-hydrogen) atoms. The Morgan fingerprint density at radius 1 is 1.19 bits per heavy atom. The highest BCUT2D eigenvalue weighted by molar-refractivity contribution is 5.89. The third-order valence-corrected chi connectivity index (χ3v) is 5.47. The number of nitrogens with zero attached hydrogens (tertiary/aromatic N) is 6. The van der Waals surface area contributed by atoms with Crippen molar-refractivity contribution in [1.29, 1.82) is 0 Å². The fraction of sp³-hybridized carbons (Fsp3) is 0.500. The zero-order valence-electron chi connectivity index (χ0n) is 19.3. The molecule has 0 saturated carbocycles. The summed E-state index contributed by atoms with van der Waals surface area (Å²) in [5.74, 6) is 2.61. The Labute approximate surface area is 188 Å².